The Morgan fingerprint density at radius 3 is 2.74 bits per heavy atom. The van der Waals surface area contributed by atoms with Gasteiger partial charge in [-0.05, 0) is 18.1 Å². The highest BCUT2D eigenvalue weighted by atomic mass is 35.5. The number of hydrogen-bond acceptors (Lipinski definition) is 4. The van der Waals surface area contributed by atoms with E-state index in [9.17, 15) is 9.59 Å². The SMILES string of the molecule is CCC(C)C(NC(=O)c1cccnc1Cl)C(=O)OC. The molecule has 0 fully saturated rings. The lowest BCUT2D eigenvalue weighted by atomic mass is 9.99. The van der Waals surface area contributed by atoms with Gasteiger partial charge in [0.05, 0.1) is 12.7 Å². The molecule has 1 aromatic rings. The van der Waals surface area contributed by atoms with Gasteiger partial charge < -0.3 is 10.1 Å². The van der Waals surface area contributed by atoms with Crippen LogP contribution in [0.25, 0.3) is 0 Å². The zero-order valence-electron chi connectivity index (χ0n) is 11.1. The maximum absolute atomic E-state index is 12.1. The molecule has 1 amide bonds. The second-order valence-corrected chi connectivity index (χ2v) is 4.56. The van der Waals surface area contributed by atoms with E-state index < -0.39 is 17.9 Å². The molecule has 0 aliphatic heterocycles. The minimum absolute atomic E-state index is 0.0353. The number of methoxy groups -OCH3 is 1. The van der Waals surface area contributed by atoms with E-state index in [0.29, 0.717) is 0 Å². The zero-order chi connectivity index (χ0) is 14.4. The summed E-state index contributed by atoms with van der Waals surface area (Å²) in [4.78, 5) is 27.6. The molecule has 1 N–H and O–H groups in total. The number of carbonyl (C=O) groups excluding carboxylic acids is 2. The number of carbonyl (C=O) groups is 2. The first-order valence-electron chi connectivity index (χ1n) is 6.00. The highest BCUT2D eigenvalue weighted by molar-refractivity contribution is 6.32. The van der Waals surface area contributed by atoms with Crippen molar-refractivity contribution in [2.24, 2.45) is 5.92 Å². The molecule has 0 aromatic carbocycles. The fourth-order valence-corrected chi connectivity index (χ4v) is 1.78. The number of halogens is 1. The number of pyridine rings is 1. The van der Waals surface area contributed by atoms with Crippen LogP contribution in [0.1, 0.15) is 30.6 Å². The summed E-state index contributed by atoms with van der Waals surface area (Å²) >= 11 is 5.84. The summed E-state index contributed by atoms with van der Waals surface area (Å²) in [6, 6.07) is 2.46. The van der Waals surface area contributed by atoms with E-state index in [1.165, 1.54) is 13.3 Å². The molecule has 104 valence electrons. The Morgan fingerprint density at radius 1 is 1.53 bits per heavy atom. The van der Waals surface area contributed by atoms with Crippen LogP contribution in [-0.4, -0.2) is 30.0 Å². The lowest BCUT2D eigenvalue weighted by molar-refractivity contribution is -0.144. The second kappa shape index (κ2) is 7.09. The van der Waals surface area contributed by atoms with Gasteiger partial charge in [-0.15, -0.1) is 0 Å². The maximum atomic E-state index is 12.1. The van der Waals surface area contributed by atoms with Gasteiger partial charge in [0.2, 0.25) is 0 Å². The monoisotopic (exact) mass is 284 g/mol. The second-order valence-electron chi connectivity index (χ2n) is 4.20. The van der Waals surface area contributed by atoms with Crippen molar-refractivity contribution >= 4 is 23.5 Å². The smallest absolute Gasteiger partial charge is 0.328 e. The number of amides is 1. The standard InChI is InChI=1S/C13H17ClN2O3/c1-4-8(2)10(13(18)19-3)16-12(17)9-6-5-7-15-11(9)14/h5-8,10H,4H2,1-3H3,(H,16,17). The normalized spacial score (nSPS) is 13.5. The van der Waals surface area contributed by atoms with Crippen molar-refractivity contribution in [3.63, 3.8) is 0 Å². The first kappa shape index (κ1) is 15.4. The maximum Gasteiger partial charge on any atom is 0.328 e. The van der Waals surface area contributed by atoms with E-state index in [-0.39, 0.29) is 16.6 Å². The number of esters is 1. The van der Waals surface area contributed by atoms with Gasteiger partial charge >= 0.3 is 5.97 Å². The van der Waals surface area contributed by atoms with Gasteiger partial charge in [-0.2, -0.15) is 0 Å². The average Bonchev–Trinajstić information content (AvgIpc) is 2.43. The molecule has 0 saturated carbocycles. The molecule has 0 radical (unpaired) electrons. The van der Waals surface area contributed by atoms with Crippen LogP contribution in [-0.2, 0) is 9.53 Å². The lowest BCUT2D eigenvalue weighted by Crippen LogP contribution is -2.45. The Labute approximate surface area is 117 Å². The van der Waals surface area contributed by atoms with E-state index in [4.69, 9.17) is 16.3 Å². The molecular formula is C13H17ClN2O3. The molecule has 0 aliphatic carbocycles. The quantitative estimate of drug-likeness (QED) is 0.664. The van der Waals surface area contributed by atoms with Gasteiger partial charge in [0.15, 0.2) is 0 Å². The minimum Gasteiger partial charge on any atom is -0.467 e. The van der Waals surface area contributed by atoms with Crippen molar-refractivity contribution in [3.8, 4) is 0 Å². The van der Waals surface area contributed by atoms with Crippen LogP contribution >= 0.6 is 11.6 Å². The van der Waals surface area contributed by atoms with Crippen LogP contribution < -0.4 is 5.32 Å². The molecule has 2 unspecified atom stereocenters. The van der Waals surface area contributed by atoms with Crippen LogP contribution in [0, 0.1) is 5.92 Å². The Kier molecular flexibility index (Phi) is 5.76. The van der Waals surface area contributed by atoms with Gasteiger partial charge in [-0.25, -0.2) is 9.78 Å². The molecule has 2 atom stereocenters. The Balaban J connectivity index is 2.88. The first-order chi connectivity index (χ1) is 9.01. The molecule has 1 rings (SSSR count). The van der Waals surface area contributed by atoms with Crippen molar-refractivity contribution in [2.75, 3.05) is 7.11 Å². The summed E-state index contributed by atoms with van der Waals surface area (Å²) in [5.41, 5.74) is 0.237. The summed E-state index contributed by atoms with van der Waals surface area (Å²) in [7, 11) is 1.29. The first-order valence-corrected chi connectivity index (χ1v) is 6.38. The van der Waals surface area contributed by atoms with Gasteiger partial charge in [-0.3, -0.25) is 4.79 Å². The third-order valence-electron chi connectivity index (χ3n) is 2.96. The summed E-state index contributed by atoms with van der Waals surface area (Å²) < 4.78 is 4.70. The van der Waals surface area contributed by atoms with Gasteiger partial charge in [-0.1, -0.05) is 31.9 Å². The van der Waals surface area contributed by atoms with Crippen molar-refractivity contribution < 1.29 is 14.3 Å². The third kappa shape index (κ3) is 3.92. The third-order valence-corrected chi connectivity index (χ3v) is 3.26. The van der Waals surface area contributed by atoms with Crippen molar-refractivity contribution in [2.45, 2.75) is 26.3 Å². The molecule has 1 heterocycles. The summed E-state index contributed by atoms with van der Waals surface area (Å²) in [5.74, 6) is -0.941. The van der Waals surface area contributed by atoms with Gasteiger partial charge in [0.25, 0.3) is 5.91 Å². The van der Waals surface area contributed by atoms with E-state index >= 15 is 0 Å². The van der Waals surface area contributed by atoms with Crippen LogP contribution in [0.5, 0.6) is 0 Å². The number of nitrogens with one attached hydrogen (secondary N) is 1. The van der Waals surface area contributed by atoms with Crippen molar-refractivity contribution in [3.05, 3.63) is 29.0 Å². The topological polar surface area (TPSA) is 68.3 Å². The zero-order valence-corrected chi connectivity index (χ0v) is 11.9. The molecule has 0 aliphatic rings. The lowest BCUT2D eigenvalue weighted by Gasteiger charge is -2.21. The number of rotatable bonds is 5. The number of nitrogens with zero attached hydrogens (tertiary/aromatic N) is 1. The van der Waals surface area contributed by atoms with E-state index in [0.717, 1.165) is 6.42 Å². The van der Waals surface area contributed by atoms with Gasteiger partial charge in [0.1, 0.15) is 11.2 Å². The van der Waals surface area contributed by atoms with Crippen LogP contribution in [0.3, 0.4) is 0 Å². The van der Waals surface area contributed by atoms with Crippen molar-refractivity contribution in [1.29, 1.82) is 0 Å². The number of hydrogen-bond donors (Lipinski definition) is 1. The predicted octanol–water partition coefficient (Wildman–Crippen LogP) is 2.05. The number of aromatic nitrogens is 1. The molecule has 19 heavy (non-hydrogen) atoms. The molecule has 0 saturated heterocycles. The summed E-state index contributed by atoms with van der Waals surface area (Å²) in [6.07, 6.45) is 2.23. The van der Waals surface area contributed by atoms with Crippen LogP contribution in [0.4, 0.5) is 0 Å². The highest BCUT2D eigenvalue weighted by Crippen LogP contribution is 2.14. The highest BCUT2D eigenvalue weighted by Gasteiger charge is 2.27. The van der Waals surface area contributed by atoms with Crippen molar-refractivity contribution in [1.82, 2.24) is 10.3 Å². The van der Waals surface area contributed by atoms with E-state index in [1.54, 1.807) is 12.1 Å². The summed E-state index contributed by atoms with van der Waals surface area (Å²) in [6.45, 7) is 3.80. The van der Waals surface area contributed by atoms with Crippen LogP contribution in [0.15, 0.2) is 18.3 Å². The molecule has 6 heteroatoms. The van der Waals surface area contributed by atoms with E-state index in [2.05, 4.69) is 10.3 Å². The largest absolute Gasteiger partial charge is 0.467 e. The van der Waals surface area contributed by atoms with Crippen LogP contribution in [0.2, 0.25) is 5.15 Å². The molecule has 1 aromatic heterocycles. The Morgan fingerprint density at radius 2 is 2.21 bits per heavy atom. The molecule has 0 bridgehead atoms. The Bertz CT molecular complexity index is 465. The summed E-state index contributed by atoms with van der Waals surface area (Å²) in [5, 5.41) is 2.74. The number of ether oxygens (including phenoxy) is 1. The minimum atomic E-state index is -0.696. The predicted molar refractivity (Wildman–Crippen MR) is 72.0 cm³/mol. The fraction of sp³-hybridized carbons (Fsp3) is 0.462. The van der Waals surface area contributed by atoms with Gasteiger partial charge in [0, 0.05) is 6.20 Å². The fourth-order valence-electron chi connectivity index (χ4n) is 1.57. The molecular weight excluding hydrogens is 268 g/mol. The van der Waals surface area contributed by atoms with E-state index in [1.807, 2.05) is 13.8 Å². The molecule has 5 nitrogen and oxygen atoms in total. The molecule has 0 spiro atoms. The average molecular weight is 285 g/mol. The Hall–Kier alpha value is -1.62.